The zero-order valence-electron chi connectivity index (χ0n) is 8.75. The Kier molecular flexibility index (Phi) is 3.94. The lowest BCUT2D eigenvalue weighted by Crippen LogP contribution is -2.37. The van der Waals surface area contributed by atoms with Gasteiger partial charge in [0.05, 0.1) is 6.10 Å². The summed E-state index contributed by atoms with van der Waals surface area (Å²) in [5.74, 6) is 0.727. The van der Waals surface area contributed by atoms with Crippen LogP contribution in [0.1, 0.15) is 32.6 Å². The molecule has 0 saturated heterocycles. The highest BCUT2D eigenvalue weighted by Crippen LogP contribution is 2.35. The first kappa shape index (κ1) is 10.7. The molecule has 0 spiro atoms. The first-order chi connectivity index (χ1) is 6.15. The fraction of sp³-hybridized carbons (Fsp3) is 0.818. The molecule has 1 saturated carbocycles. The molecule has 1 rings (SSSR count). The van der Waals surface area contributed by atoms with Gasteiger partial charge < -0.3 is 10.5 Å². The predicted molar refractivity (Wildman–Crippen MR) is 55.5 cm³/mol. The Hall–Kier alpha value is -0.340. The standard InChI is InChI=1S/C11H21NO/c1-8(2)4-7-10(12)11(13-3)9-5-6-9/h9-11H,1,4-7,12H2,2-3H3. The van der Waals surface area contributed by atoms with Gasteiger partial charge in [-0.05, 0) is 38.5 Å². The number of allylic oxidation sites excluding steroid dienone is 1. The maximum Gasteiger partial charge on any atom is 0.0750 e. The number of hydrogen-bond donors (Lipinski definition) is 1. The molecule has 0 heterocycles. The smallest absolute Gasteiger partial charge is 0.0750 e. The minimum Gasteiger partial charge on any atom is -0.380 e. The molecule has 0 aromatic rings. The number of ether oxygens (including phenoxy) is 1. The second kappa shape index (κ2) is 4.77. The van der Waals surface area contributed by atoms with E-state index in [-0.39, 0.29) is 12.1 Å². The zero-order valence-corrected chi connectivity index (χ0v) is 8.75. The Balaban J connectivity index is 2.26. The van der Waals surface area contributed by atoms with E-state index in [0.29, 0.717) is 0 Å². The van der Waals surface area contributed by atoms with Crippen LogP contribution in [0.25, 0.3) is 0 Å². The van der Waals surface area contributed by atoms with E-state index in [0.717, 1.165) is 18.8 Å². The van der Waals surface area contributed by atoms with Crippen molar-refractivity contribution in [2.75, 3.05) is 7.11 Å². The summed E-state index contributed by atoms with van der Waals surface area (Å²) in [5, 5.41) is 0. The molecular weight excluding hydrogens is 162 g/mol. The summed E-state index contributed by atoms with van der Waals surface area (Å²) in [7, 11) is 1.77. The van der Waals surface area contributed by atoms with Gasteiger partial charge in [-0.3, -0.25) is 0 Å². The normalized spacial score (nSPS) is 21.2. The van der Waals surface area contributed by atoms with Crippen LogP contribution in [0.2, 0.25) is 0 Å². The molecule has 0 amide bonds. The van der Waals surface area contributed by atoms with Crippen LogP contribution in [0.4, 0.5) is 0 Å². The van der Waals surface area contributed by atoms with Crippen molar-refractivity contribution in [2.24, 2.45) is 11.7 Å². The molecule has 0 aliphatic heterocycles. The largest absolute Gasteiger partial charge is 0.380 e. The molecule has 13 heavy (non-hydrogen) atoms. The Morgan fingerprint density at radius 3 is 2.62 bits per heavy atom. The van der Waals surface area contributed by atoms with Crippen LogP contribution in [0.3, 0.4) is 0 Å². The van der Waals surface area contributed by atoms with Crippen molar-refractivity contribution >= 4 is 0 Å². The first-order valence-corrected chi connectivity index (χ1v) is 5.08. The minimum absolute atomic E-state index is 0.189. The zero-order chi connectivity index (χ0) is 9.84. The quantitative estimate of drug-likeness (QED) is 0.640. The van der Waals surface area contributed by atoms with E-state index in [2.05, 4.69) is 6.58 Å². The second-order valence-corrected chi connectivity index (χ2v) is 4.20. The number of hydrogen-bond acceptors (Lipinski definition) is 2. The fourth-order valence-corrected chi connectivity index (χ4v) is 1.72. The van der Waals surface area contributed by atoms with E-state index < -0.39 is 0 Å². The summed E-state index contributed by atoms with van der Waals surface area (Å²) in [6.07, 6.45) is 4.88. The van der Waals surface area contributed by atoms with E-state index in [1.54, 1.807) is 7.11 Å². The van der Waals surface area contributed by atoms with E-state index in [9.17, 15) is 0 Å². The van der Waals surface area contributed by atoms with Gasteiger partial charge in [0.2, 0.25) is 0 Å². The molecule has 2 heteroatoms. The molecule has 1 aliphatic carbocycles. The fourth-order valence-electron chi connectivity index (χ4n) is 1.72. The molecule has 2 nitrogen and oxygen atoms in total. The van der Waals surface area contributed by atoms with Gasteiger partial charge in [0.15, 0.2) is 0 Å². The number of rotatable bonds is 6. The van der Waals surface area contributed by atoms with Crippen LogP contribution in [0, 0.1) is 5.92 Å². The molecule has 2 unspecified atom stereocenters. The monoisotopic (exact) mass is 183 g/mol. The maximum atomic E-state index is 6.05. The van der Waals surface area contributed by atoms with E-state index >= 15 is 0 Å². The number of nitrogens with two attached hydrogens (primary N) is 1. The van der Waals surface area contributed by atoms with Crippen molar-refractivity contribution in [1.29, 1.82) is 0 Å². The molecular formula is C11H21NO. The third-order valence-electron chi connectivity index (χ3n) is 2.69. The van der Waals surface area contributed by atoms with E-state index in [1.807, 2.05) is 6.92 Å². The van der Waals surface area contributed by atoms with E-state index in [1.165, 1.54) is 18.4 Å². The van der Waals surface area contributed by atoms with Crippen molar-refractivity contribution in [1.82, 2.24) is 0 Å². The van der Waals surface area contributed by atoms with Gasteiger partial charge in [-0.2, -0.15) is 0 Å². The van der Waals surface area contributed by atoms with Gasteiger partial charge in [-0.15, -0.1) is 6.58 Å². The van der Waals surface area contributed by atoms with Crippen molar-refractivity contribution in [2.45, 2.75) is 44.8 Å². The van der Waals surface area contributed by atoms with Crippen LogP contribution in [0.15, 0.2) is 12.2 Å². The molecule has 1 aliphatic rings. The average Bonchev–Trinajstić information content (AvgIpc) is 2.86. The highest BCUT2D eigenvalue weighted by molar-refractivity contribution is 4.93. The molecule has 2 N–H and O–H groups in total. The van der Waals surface area contributed by atoms with Gasteiger partial charge >= 0.3 is 0 Å². The molecule has 0 bridgehead atoms. The van der Waals surface area contributed by atoms with Crippen molar-refractivity contribution < 1.29 is 4.74 Å². The Morgan fingerprint density at radius 1 is 1.62 bits per heavy atom. The minimum atomic E-state index is 0.189. The molecule has 0 aromatic carbocycles. The highest BCUT2D eigenvalue weighted by Gasteiger charge is 2.34. The first-order valence-electron chi connectivity index (χ1n) is 5.08. The van der Waals surface area contributed by atoms with Crippen molar-refractivity contribution in [3.8, 4) is 0 Å². The molecule has 1 fully saturated rings. The van der Waals surface area contributed by atoms with Crippen molar-refractivity contribution in [3.63, 3.8) is 0 Å². The van der Waals surface area contributed by atoms with Crippen LogP contribution >= 0.6 is 0 Å². The predicted octanol–water partition coefficient (Wildman–Crippen LogP) is 2.09. The maximum absolute atomic E-state index is 6.05. The topological polar surface area (TPSA) is 35.2 Å². The Bertz CT molecular complexity index is 175. The molecule has 0 radical (unpaired) electrons. The van der Waals surface area contributed by atoms with Crippen LogP contribution in [0.5, 0.6) is 0 Å². The van der Waals surface area contributed by atoms with Crippen LogP contribution < -0.4 is 5.73 Å². The third-order valence-corrected chi connectivity index (χ3v) is 2.69. The van der Waals surface area contributed by atoms with Gasteiger partial charge in [-0.1, -0.05) is 5.57 Å². The van der Waals surface area contributed by atoms with Gasteiger partial charge in [0, 0.05) is 13.2 Å². The van der Waals surface area contributed by atoms with Gasteiger partial charge in [0.25, 0.3) is 0 Å². The summed E-state index contributed by atoms with van der Waals surface area (Å²) in [6.45, 7) is 5.92. The van der Waals surface area contributed by atoms with Gasteiger partial charge in [0.1, 0.15) is 0 Å². The van der Waals surface area contributed by atoms with E-state index in [4.69, 9.17) is 10.5 Å². The summed E-state index contributed by atoms with van der Waals surface area (Å²) in [5.41, 5.74) is 7.26. The molecule has 76 valence electrons. The molecule has 2 atom stereocenters. The van der Waals surface area contributed by atoms with Crippen molar-refractivity contribution in [3.05, 3.63) is 12.2 Å². The third kappa shape index (κ3) is 3.49. The average molecular weight is 183 g/mol. The van der Waals surface area contributed by atoms with Crippen LogP contribution in [-0.2, 0) is 4.74 Å². The van der Waals surface area contributed by atoms with Crippen LogP contribution in [-0.4, -0.2) is 19.3 Å². The molecule has 0 aromatic heterocycles. The summed E-state index contributed by atoms with van der Waals surface area (Å²) in [6, 6.07) is 0.189. The summed E-state index contributed by atoms with van der Waals surface area (Å²) in [4.78, 5) is 0. The number of methoxy groups -OCH3 is 1. The lowest BCUT2D eigenvalue weighted by atomic mass is 10.0. The Morgan fingerprint density at radius 2 is 2.23 bits per heavy atom. The SMILES string of the molecule is C=C(C)CCC(N)C(OC)C1CC1. The second-order valence-electron chi connectivity index (χ2n) is 4.20. The highest BCUT2D eigenvalue weighted by atomic mass is 16.5. The van der Waals surface area contributed by atoms with Gasteiger partial charge in [-0.25, -0.2) is 0 Å². The Labute approximate surface area is 81.1 Å². The summed E-state index contributed by atoms with van der Waals surface area (Å²) < 4.78 is 5.41. The summed E-state index contributed by atoms with van der Waals surface area (Å²) >= 11 is 0. The lowest BCUT2D eigenvalue weighted by Gasteiger charge is -2.22. The lowest BCUT2D eigenvalue weighted by molar-refractivity contribution is 0.0603.